The third-order valence-corrected chi connectivity index (χ3v) is 5.79. The fourth-order valence-corrected chi connectivity index (χ4v) is 4.08. The Morgan fingerprint density at radius 1 is 1.22 bits per heavy atom. The molecule has 1 fully saturated rings. The number of benzene rings is 1. The summed E-state index contributed by atoms with van der Waals surface area (Å²) < 4.78 is 0. The van der Waals surface area contributed by atoms with E-state index in [2.05, 4.69) is 38.7 Å². The van der Waals surface area contributed by atoms with Gasteiger partial charge in [0.05, 0.1) is 23.7 Å². The molecule has 0 radical (unpaired) electrons. The van der Waals surface area contributed by atoms with Crippen molar-refractivity contribution in [1.82, 2.24) is 4.98 Å². The number of hydrogen-bond donors (Lipinski definition) is 2. The molecule has 3 heteroatoms. The number of aromatic amines is 1. The maximum Gasteiger partial charge on any atom is 0.198 e. The molecule has 1 aliphatic heterocycles. The van der Waals surface area contributed by atoms with Crippen molar-refractivity contribution in [3.63, 3.8) is 0 Å². The van der Waals surface area contributed by atoms with Gasteiger partial charge in [0.2, 0.25) is 0 Å². The quantitative estimate of drug-likeness (QED) is 0.898. The lowest BCUT2D eigenvalue weighted by atomic mass is 9.98. The van der Waals surface area contributed by atoms with Gasteiger partial charge in [-0.3, -0.25) is 4.79 Å². The van der Waals surface area contributed by atoms with Gasteiger partial charge in [0.1, 0.15) is 6.54 Å². The van der Waals surface area contributed by atoms with Gasteiger partial charge in [-0.15, -0.1) is 0 Å². The summed E-state index contributed by atoms with van der Waals surface area (Å²) in [5.74, 6) is 0. The van der Waals surface area contributed by atoms with Crippen molar-refractivity contribution in [3.8, 4) is 0 Å². The highest BCUT2D eigenvalue weighted by atomic mass is 16.1. The molecule has 2 N–H and O–H groups in total. The second-order valence-corrected chi connectivity index (χ2v) is 7.17. The van der Waals surface area contributed by atoms with Crippen LogP contribution in [0.25, 0.3) is 10.9 Å². The first-order chi connectivity index (χ1) is 11.0. The number of rotatable bonds is 3. The van der Waals surface area contributed by atoms with Crippen molar-refractivity contribution in [3.05, 3.63) is 44.7 Å². The average Bonchev–Trinajstić information content (AvgIpc) is 2.55. The molecule has 0 spiro atoms. The van der Waals surface area contributed by atoms with Crippen LogP contribution in [0.15, 0.2) is 16.9 Å². The molecule has 0 aliphatic carbocycles. The summed E-state index contributed by atoms with van der Waals surface area (Å²) in [7, 11) is 0. The third-order valence-electron chi connectivity index (χ3n) is 5.79. The molecule has 3 nitrogen and oxygen atoms in total. The van der Waals surface area contributed by atoms with E-state index in [0.29, 0.717) is 6.04 Å². The van der Waals surface area contributed by atoms with E-state index < -0.39 is 0 Å². The van der Waals surface area contributed by atoms with E-state index in [-0.39, 0.29) is 5.43 Å². The molecule has 2 heterocycles. The lowest BCUT2D eigenvalue weighted by molar-refractivity contribution is -0.944. The monoisotopic (exact) mass is 313 g/mol. The zero-order valence-corrected chi connectivity index (χ0v) is 14.9. The number of pyridine rings is 1. The van der Waals surface area contributed by atoms with Gasteiger partial charge in [-0.2, -0.15) is 0 Å². The molecule has 1 aromatic carbocycles. The van der Waals surface area contributed by atoms with Crippen LogP contribution >= 0.6 is 0 Å². The lowest BCUT2D eigenvalue weighted by Crippen LogP contribution is -3.15. The van der Waals surface area contributed by atoms with E-state index in [0.717, 1.165) is 28.7 Å². The van der Waals surface area contributed by atoms with Crippen LogP contribution in [0.3, 0.4) is 0 Å². The van der Waals surface area contributed by atoms with Gasteiger partial charge in [-0.05, 0) is 63.6 Å². The van der Waals surface area contributed by atoms with Crippen molar-refractivity contribution in [2.45, 2.75) is 66.0 Å². The van der Waals surface area contributed by atoms with Crippen LogP contribution in [0.4, 0.5) is 0 Å². The minimum atomic E-state index is 0.229. The Kier molecular flexibility index (Phi) is 4.58. The van der Waals surface area contributed by atoms with E-state index >= 15 is 0 Å². The molecule has 0 amide bonds. The van der Waals surface area contributed by atoms with Crippen LogP contribution < -0.4 is 10.3 Å². The van der Waals surface area contributed by atoms with Gasteiger partial charge in [0.15, 0.2) is 5.43 Å². The molecule has 2 atom stereocenters. The molecule has 1 aromatic heterocycles. The van der Waals surface area contributed by atoms with Crippen LogP contribution in [0.5, 0.6) is 0 Å². The number of likely N-dealkylation sites (tertiary alicyclic amines) is 1. The predicted molar refractivity (Wildman–Crippen MR) is 96.2 cm³/mol. The summed E-state index contributed by atoms with van der Waals surface area (Å²) in [6, 6.07) is 4.76. The molecule has 1 unspecified atom stereocenters. The Bertz CT molecular complexity index is 775. The van der Waals surface area contributed by atoms with E-state index in [4.69, 9.17) is 0 Å². The minimum absolute atomic E-state index is 0.229. The number of H-pyrrole nitrogens is 1. The molecule has 0 bridgehead atoms. The molecule has 1 saturated heterocycles. The smallest absolute Gasteiger partial charge is 0.198 e. The molecular formula is C20H29N2O+. The summed E-state index contributed by atoms with van der Waals surface area (Å²) in [6.07, 6.45) is 5.13. The van der Waals surface area contributed by atoms with Crippen LogP contribution in [0.2, 0.25) is 0 Å². The van der Waals surface area contributed by atoms with Crippen LogP contribution in [0, 0.1) is 20.8 Å². The molecule has 124 valence electrons. The fraction of sp³-hybridized carbons (Fsp3) is 0.550. The van der Waals surface area contributed by atoms with Crippen molar-refractivity contribution in [2.24, 2.45) is 0 Å². The summed E-state index contributed by atoms with van der Waals surface area (Å²) in [4.78, 5) is 18.2. The van der Waals surface area contributed by atoms with Gasteiger partial charge >= 0.3 is 0 Å². The van der Waals surface area contributed by atoms with E-state index in [1.54, 1.807) is 4.90 Å². The maximum atomic E-state index is 13.0. The van der Waals surface area contributed by atoms with Gasteiger partial charge < -0.3 is 9.88 Å². The number of nitrogens with one attached hydrogen (secondary N) is 2. The number of aromatic nitrogens is 1. The van der Waals surface area contributed by atoms with Crippen LogP contribution in [-0.2, 0) is 6.54 Å². The fourth-order valence-electron chi connectivity index (χ4n) is 4.08. The van der Waals surface area contributed by atoms with Gasteiger partial charge in [-0.1, -0.05) is 13.0 Å². The predicted octanol–water partition coefficient (Wildman–Crippen LogP) is 2.80. The van der Waals surface area contributed by atoms with E-state index in [1.165, 1.54) is 43.4 Å². The van der Waals surface area contributed by atoms with Gasteiger partial charge in [0.25, 0.3) is 0 Å². The van der Waals surface area contributed by atoms with Crippen molar-refractivity contribution in [1.29, 1.82) is 0 Å². The Morgan fingerprint density at radius 2 is 2.00 bits per heavy atom. The summed E-state index contributed by atoms with van der Waals surface area (Å²) in [6.45, 7) is 10.6. The van der Waals surface area contributed by atoms with Crippen molar-refractivity contribution in [2.75, 3.05) is 6.54 Å². The Labute approximate surface area is 138 Å². The van der Waals surface area contributed by atoms with E-state index in [1.807, 2.05) is 6.07 Å². The highest BCUT2D eigenvalue weighted by molar-refractivity contribution is 5.83. The second-order valence-electron chi connectivity index (χ2n) is 7.17. The molecule has 3 rings (SSSR count). The average molecular weight is 313 g/mol. The topological polar surface area (TPSA) is 37.3 Å². The summed E-state index contributed by atoms with van der Waals surface area (Å²) in [5.41, 5.74) is 5.68. The first kappa shape index (κ1) is 16.3. The van der Waals surface area contributed by atoms with Crippen LogP contribution in [0.1, 0.15) is 55.0 Å². The number of quaternary nitrogens is 1. The normalized spacial score (nSPS) is 21.7. The second kappa shape index (κ2) is 6.48. The minimum Gasteiger partial charge on any atom is -0.358 e. The van der Waals surface area contributed by atoms with E-state index in [9.17, 15) is 4.79 Å². The molecule has 1 aliphatic rings. The lowest BCUT2D eigenvalue weighted by Gasteiger charge is -2.32. The largest absolute Gasteiger partial charge is 0.358 e. The van der Waals surface area contributed by atoms with Gasteiger partial charge in [-0.25, -0.2) is 0 Å². The number of hydrogen-bond acceptors (Lipinski definition) is 1. The zero-order valence-electron chi connectivity index (χ0n) is 14.9. The molecule has 23 heavy (non-hydrogen) atoms. The first-order valence-corrected chi connectivity index (χ1v) is 8.99. The van der Waals surface area contributed by atoms with Crippen molar-refractivity contribution >= 4 is 10.9 Å². The molecular weight excluding hydrogens is 284 g/mol. The standard InChI is InChI=1S/C20H28N2O/c1-5-16-8-6-7-11-22(16)12-18-15(4)21-19-14(3)13(2)9-10-17(19)20(18)23/h9-10,16H,5-8,11-12H2,1-4H3,(H,21,23)/p+1/t16-/m1/s1. The Balaban J connectivity index is 2.04. The Morgan fingerprint density at radius 3 is 2.74 bits per heavy atom. The highest BCUT2D eigenvalue weighted by Crippen LogP contribution is 2.19. The zero-order chi connectivity index (χ0) is 16.6. The first-order valence-electron chi connectivity index (χ1n) is 8.99. The molecule has 2 aromatic rings. The summed E-state index contributed by atoms with van der Waals surface area (Å²) in [5, 5.41) is 0.846. The SMILES string of the molecule is CC[C@@H]1CCCC[NH+]1Cc1c(C)[nH]c2c(C)c(C)ccc2c1=O. The van der Waals surface area contributed by atoms with Gasteiger partial charge in [0, 0.05) is 11.1 Å². The molecule has 0 saturated carbocycles. The number of piperidine rings is 1. The Hall–Kier alpha value is -1.61. The van der Waals surface area contributed by atoms with Crippen molar-refractivity contribution < 1.29 is 4.90 Å². The summed E-state index contributed by atoms with van der Waals surface area (Å²) >= 11 is 0. The third kappa shape index (κ3) is 2.94. The number of aryl methyl sites for hydroxylation is 3. The highest BCUT2D eigenvalue weighted by Gasteiger charge is 2.26. The number of fused-ring (bicyclic) bond motifs is 1. The van der Waals surface area contributed by atoms with Crippen LogP contribution in [-0.4, -0.2) is 17.6 Å². The maximum absolute atomic E-state index is 13.0.